The van der Waals surface area contributed by atoms with Crippen LogP contribution >= 0.6 is 0 Å². The molecule has 3 rings (SSSR count). The van der Waals surface area contributed by atoms with Gasteiger partial charge in [-0.05, 0) is 18.2 Å². The Balaban J connectivity index is 1.53. The molecule has 2 aromatic rings. The Labute approximate surface area is 153 Å². The number of rotatable bonds is 6. The number of hydrogen-bond donors (Lipinski definition) is 2. The second-order valence-corrected chi connectivity index (χ2v) is 6.28. The van der Waals surface area contributed by atoms with Crippen LogP contribution in [0.3, 0.4) is 0 Å². The van der Waals surface area contributed by atoms with Gasteiger partial charge in [-0.3, -0.25) is 9.69 Å². The number of nitrogens with zero attached hydrogens (tertiary/aromatic N) is 1. The maximum Gasteiger partial charge on any atom is 0.279 e. The number of nitrogens with one attached hydrogen (secondary N) is 3. The fourth-order valence-corrected chi connectivity index (χ4v) is 3.15. The summed E-state index contributed by atoms with van der Waals surface area (Å²) >= 11 is 0. The molecule has 0 bridgehead atoms. The Morgan fingerprint density at radius 3 is 2.65 bits per heavy atom. The van der Waals surface area contributed by atoms with Crippen molar-refractivity contribution in [1.29, 1.82) is 0 Å². The van der Waals surface area contributed by atoms with E-state index in [0.29, 0.717) is 23.7 Å². The predicted molar refractivity (Wildman–Crippen MR) is 99.0 cm³/mol. The van der Waals surface area contributed by atoms with Gasteiger partial charge in [0.1, 0.15) is 37.7 Å². The largest absolute Gasteiger partial charge is 0.497 e. The van der Waals surface area contributed by atoms with Crippen molar-refractivity contribution in [2.45, 2.75) is 0 Å². The number of piperazine rings is 1. The number of H-pyrrole nitrogens is 1. The van der Waals surface area contributed by atoms with Gasteiger partial charge in [-0.1, -0.05) is 6.07 Å². The average molecular weight is 358 g/mol. The van der Waals surface area contributed by atoms with E-state index in [-0.39, 0.29) is 5.91 Å². The summed E-state index contributed by atoms with van der Waals surface area (Å²) in [4.78, 5) is 19.3. The van der Waals surface area contributed by atoms with Crippen molar-refractivity contribution < 1.29 is 24.2 Å². The van der Waals surface area contributed by atoms with Crippen LogP contribution in [0.1, 0.15) is 0 Å². The topological polar surface area (TPSA) is 69.4 Å². The van der Waals surface area contributed by atoms with Crippen LogP contribution in [0.4, 0.5) is 11.5 Å². The zero-order valence-corrected chi connectivity index (χ0v) is 15.2. The number of anilines is 2. The van der Waals surface area contributed by atoms with Crippen LogP contribution in [-0.4, -0.2) is 52.9 Å². The molecule has 0 saturated carbocycles. The molecule has 0 spiro atoms. The van der Waals surface area contributed by atoms with Gasteiger partial charge in [0.15, 0.2) is 6.54 Å². The number of carbonyl (C=O) groups is 1. The van der Waals surface area contributed by atoms with E-state index in [2.05, 4.69) is 21.3 Å². The number of methoxy groups -OCH3 is 2. The number of carbonyl (C=O) groups excluding carboxylic acids is 1. The first-order chi connectivity index (χ1) is 12.7. The van der Waals surface area contributed by atoms with Crippen molar-refractivity contribution in [3.8, 4) is 11.5 Å². The van der Waals surface area contributed by atoms with Gasteiger partial charge < -0.3 is 19.7 Å². The lowest BCUT2D eigenvalue weighted by Gasteiger charge is -2.27. The third-order valence-electron chi connectivity index (χ3n) is 4.60. The number of hydrogen-bond acceptors (Lipinski definition) is 4. The summed E-state index contributed by atoms with van der Waals surface area (Å²) in [7, 11) is 3.18. The van der Waals surface area contributed by atoms with Crippen molar-refractivity contribution in [2.24, 2.45) is 0 Å². The first-order valence-electron chi connectivity index (χ1n) is 8.76. The summed E-state index contributed by atoms with van der Waals surface area (Å²) in [5, 5.41) is 2.94. The van der Waals surface area contributed by atoms with Crippen molar-refractivity contribution in [2.75, 3.05) is 57.2 Å². The molecule has 1 aliphatic heterocycles. The Morgan fingerprint density at radius 1 is 1.19 bits per heavy atom. The standard InChI is InChI=1S/C19H24N4O3/c1-25-15-6-7-17(26-2)16(13-15)21-19(24)14-22-9-11-23(12-10-22)18-5-3-4-8-20-18/h3-8,13H,9-12,14H2,1-2H3,(H,21,24)/p+2. The highest BCUT2D eigenvalue weighted by Crippen LogP contribution is 2.28. The van der Waals surface area contributed by atoms with Gasteiger partial charge in [0, 0.05) is 12.1 Å². The molecule has 0 radical (unpaired) electrons. The number of aromatic nitrogens is 1. The quantitative estimate of drug-likeness (QED) is 0.754. The second kappa shape index (κ2) is 8.53. The minimum Gasteiger partial charge on any atom is -0.497 e. The molecule has 7 heteroatoms. The molecule has 0 atom stereocenters. The van der Waals surface area contributed by atoms with E-state index in [9.17, 15) is 4.79 Å². The summed E-state index contributed by atoms with van der Waals surface area (Å²) < 4.78 is 10.5. The van der Waals surface area contributed by atoms with Gasteiger partial charge in [0.25, 0.3) is 11.7 Å². The lowest BCUT2D eigenvalue weighted by Crippen LogP contribution is -3.15. The van der Waals surface area contributed by atoms with Gasteiger partial charge >= 0.3 is 0 Å². The molecular weight excluding hydrogens is 332 g/mol. The first-order valence-corrected chi connectivity index (χ1v) is 8.76. The molecule has 1 aromatic heterocycles. The zero-order valence-electron chi connectivity index (χ0n) is 15.2. The molecule has 138 valence electrons. The average Bonchev–Trinajstić information content (AvgIpc) is 2.69. The van der Waals surface area contributed by atoms with E-state index in [0.717, 1.165) is 32.0 Å². The van der Waals surface area contributed by atoms with Crippen molar-refractivity contribution >= 4 is 17.4 Å². The number of benzene rings is 1. The van der Waals surface area contributed by atoms with Gasteiger partial charge in [-0.15, -0.1) is 0 Å². The SMILES string of the molecule is COc1ccc(OC)c(NC(=O)C[NH+]2CCN(c3cccc[nH+]3)CC2)c1. The molecule has 1 amide bonds. The van der Waals surface area contributed by atoms with E-state index >= 15 is 0 Å². The lowest BCUT2D eigenvalue weighted by atomic mass is 10.2. The molecule has 1 fully saturated rings. The van der Waals surface area contributed by atoms with Crippen molar-refractivity contribution in [3.05, 3.63) is 42.6 Å². The lowest BCUT2D eigenvalue weighted by molar-refractivity contribution is -0.892. The van der Waals surface area contributed by atoms with E-state index in [1.807, 2.05) is 18.3 Å². The third kappa shape index (κ3) is 4.43. The number of pyridine rings is 1. The van der Waals surface area contributed by atoms with Gasteiger partial charge in [0.05, 0.1) is 26.1 Å². The minimum absolute atomic E-state index is 0.0220. The minimum atomic E-state index is -0.0220. The number of aromatic amines is 1. The molecule has 0 aliphatic carbocycles. The van der Waals surface area contributed by atoms with E-state index in [4.69, 9.17) is 9.47 Å². The van der Waals surface area contributed by atoms with Gasteiger partial charge in [-0.25, -0.2) is 4.98 Å². The number of quaternary nitrogens is 1. The normalized spacial score (nSPS) is 14.8. The summed E-state index contributed by atoms with van der Waals surface area (Å²) in [5.41, 5.74) is 0.633. The highest BCUT2D eigenvalue weighted by atomic mass is 16.5. The van der Waals surface area contributed by atoms with E-state index < -0.39 is 0 Å². The van der Waals surface area contributed by atoms with Gasteiger partial charge in [-0.2, -0.15) is 0 Å². The molecule has 2 heterocycles. The van der Waals surface area contributed by atoms with Crippen LogP contribution in [0.5, 0.6) is 11.5 Å². The van der Waals surface area contributed by atoms with Crippen LogP contribution in [0.15, 0.2) is 42.6 Å². The Hall–Kier alpha value is -2.80. The highest BCUT2D eigenvalue weighted by molar-refractivity contribution is 5.93. The summed E-state index contributed by atoms with van der Waals surface area (Å²) in [6.07, 6.45) is 1.93. The molecule has 1 aromatic carbocycles. The Kier molecular flexibility index (Phi) is 5.91. The predicted octanol–water partition coefficient (Wildman–Crippen LogP) is -0.138. The fourth-order valence-electron chi connectivity index (χ4n) is 3.15. The van der Waals surface area contributed by atoms with Crippen molar-refractivity contribution in [1.82, 2.24) is 0 Å². The second-order valence-electron chi connectivity index (χ2n) is 6.28. The molecule has 7 nitrogen and oxygen atoms in total. The Morgan fingerprint density at radius 2 is 2.00 bits per heavy atom. The highest BCUT2D eigenvalue weighted by Gasteiger charge is 2.27. The maximum absolute atomic E-state index is 12.5. The van der Waals surface area contributed by atoms with Gasteiger partial charge in [0.2, 0.25) is 0 Å². The fraction of sp³-hybridized carbons (Fsp3) is 0.368. The third-order valence-corrected chi connectivity index (χ3v) is 4.60. The van der Waals surface area contributed by atoms with Crippen LogP contribution in [0.2, 0.25) is 0 Å². The van der Waals surface area contributed by atoms with Crippen LogP contribution in [0, 0.1) is 0 Å². The molecular formula is C19H26N4O3+2. The molecule has 3 N–H and O–H groups in total. The van der Waals surface area contributed by atoms with Crippen LogP contribution in [-0.2, 0) is 4.79 Å². The Bertz CT molecular complexity index is 731. The summed E-state index contributed by atoms with van der Waals surface area (Å²) in [6.45, 7) is 4.13. The van der Waals surface area contributed by atoms with Crippen molar-refractivity contribution in [3.63, 3.8) is 0 Å². The number of amides is 1. The van der Waals surface area contributed by atoms with E-state index in [1.54, 1.807) is 32.4 Å². The maximum atomic E-state index is 12.5. The molecule has 1 saturated heterocycles. The van der Waals surface area contributed by atoms with E-state index in [1.165, 1.54) is 4.90 Å². The zero-order chi connectivity index (χ0) is 18.4. The van der Waals surface area contributed by atoms with Crippen LogP contribution < -0.4 is 29.6 Å². The number of ether oxygens (including phenoxy) is 2. The summed E-state index contributed by atoms with van der Waals surface area (Å²) in [6, 6.07) is 11.4. The van der Waals surface area contributed by atoms with Crippen LogP contribution in [0.25, 0.3) is 0 Å². The summed E-state index contributed by atoms with van der Waals surface area (Å²) in [5.74, 6) is 2.41. The molecule has 1 aliphatic rings. The smallest absolute Gasteiger partial charge is 0.279 e. The monoisotopic (exact) mass is 358 g/mol. The first kappa shape index (κ1) is 18.0. The molecule has 0 unspecified atom stereocenters. The molecule has 26 heavy (non-hydrogen) atoms.